The van der Waals surface area contributed by atoms with Gasteiger partial charge in [-0.2, -0.15) is 18.3 Å². The normalized spacial score (nSPS) is 12.0. The number of carbonyl (C=O) groups excluding carboxylic acids is 1. The Labute approximate surface area is 164 Å². The van der Waals surface area contributed by atoms with E-state index in [1.807, 2.05) is 36.4 Å². The minimum absolute atomic E-state index is 0.0564. The third kappa shape index (κ3) is 4.65. The maximum atomic E-state index is 12.5. The van der Waals surface area contributed by atoms with Gasteiger partial charge in [-0.1, -0.05) is 18.2 Å². The Bertz CT molecular complexity index is 1090. The molecule has 3 aromatic rings. The molecule has 0 spiro atoms. The summed E-state index contributed by atoms with van der Waals surface area (Å²) >= 11 is 0. The molecule has 0 fully saturated rings. The first kappa shape index (κ1) is 20.6. The molecule has 6 nitrogen and oxygen atoms in total. The minimum Gasteiger partial charge on any atom is -0.352 e. The molecule has 0 radical (unpaired) electrons. The maximum Gasteiger partial charge on any atom is 0.501 e. The monoisotopic (exact) mass is 423 g/mol. The third-order valence-electron chi connectivity index (χ3n) is 4.06. The summed E-state index contributed by atoms with van der Waals surface area (Å²) in [5.74, 6) is -0.525. The number of aromatic nitrogens is 2. The van der Waals surface area contributed by atoms with E-state index < -0.39 is 26.1 Å². The van der Waals surface area contributed by atoms with Crippen molar-refractivity contribution in [1.29, 1.82) is 0 Å². The molecule has 2 aromatic carbocycles. The van der Waals surface area contributed by atoms with Crippen molar-refractivity contribution in [2.24, 2.45) is 0 Å². The topological polar surface area (TPSA) is 81.1 Å². The van der Waals surface area contributed by atoms with Crippen LogP contribution in [-0.2, 0) is 16.3 Å². The van der Waals surface area contributed by atoms with Gasteiger partial charge in [-0.05, 0) is 42.5 Å². The molecule has 152 valence electrons. The number of rotatable bonds is 6. The highest BCUT2D eigenvalue weighted by Crippen LogP contribution is 2.30. The lowest BCUT2D eigenvalue weighted by molar-refractivity contribution is -0.0436. The summed E-state index contributed by atoms with van der Waals surface area (Å²) in [7, 11) is -5.43. The lowest BCUT2D eigenvalue weighted by atomic mass is 10.2. The van der Waals surface area contributed by atoms with Crippen LogP contribution in [-0.4, -0.2) is 36.2 Å². The summed E-state index contributed by atoms with van der Waals surface area (Å²) in [5, 5.41) is 7.03. The van der Waals surface area contributed by atoms with Crippen LogP contribution in [0.15, 0.2) is 71.8 Å². The molecule has 1 heterocycles. The van der Waals surface area contributed by atoms with Gasteiger partial charge in [0.25, 0.3) is 15.7 Å². The fraction of sp³-hybridized carbons (Fsp3) is 0.158. The highest BCUT2D eigenvalue weighted by atomic mass is 32.2. The first-order valence-electron chi connectivity index (χ1n) is 8.48. The summed E-state index contributed by atoms with van der Waals surface area (Å²) in [6.07, 6.45) is 2.25. The summed E-state index contributed by atoms with van der Waals surface area (Å²) < 4.78 is 62.0. The Hall–Kier alpha value is -3.14. The molecule has 0 aliphatic heterocycles. The first-order valence-corrected chi connectivity index (χ1v) is 9.96. The fourth-order valence-corrected chi connectivity index (χ4v) is 3.31. The Kier molecular flexibility index (Phi) is 5.73. The molecule has 1 amide bonds. The Balaban J connectivity index is 1.57. The number of hydrogen-bond donors (Lipinski definition) is 1. The van der Waals surface area contributed by atoms with E-state index >= 15 is 0 Å². The molecule has 0 saturated carbocycles. The van der Waals surface area contributed by atoms with Crippen molar-refractivity contribution in [1.82, 2.24) is 15.1 Å². The summed E-state index contributed by atoms with van der Waals surface area (Å²) in [6.45, 7) is 0.257. The van der Waals surface area contributed by atoms with Gasteiger partial charge in [0.2, 0.25) is 0 Å². The highest BCUT2D eigenvalue weighted by Gasteiger charge is 2.46. The van der Waals surface area contributed by atoms with Crippen molar-refractivity contribution in [2.45, 2.75) is 16.8 Å². The lowest BCUT2D eigenvalue weighted by Gasteiger charge is -2.09. The molecular formula is C19H16F3N3O3S. The molecule has 0 bridgehead atoms. The fourth-order valence-electron chi connectivity index (χ4n) is 2.54. The van der Waals surface area contributed by atoms with Crippen LogP contribution < -0.4 is 5.32 Å². The van der Waals surface area contributed by atoms with Crippen LogP contribution in [0.4, 0.5) is 13.2 Å². The molecule has 10 heteroatoms. The number of benzene rings is 2. The number of alkyl halides is 3. The van der Waals surface area contributed by atoms with Gasteiger partial charge >= 0.3 is 5.51 Å². The summed E-state index contributed by atoms with van der Waals surface area (Å²) in [6, 6.07) is 14.9. The molecule has 1 N–H and O–H groups in total. The zero-order valence-corrected chi connectivity index (χ0v) is 15.7. The first-order chi connectivity index (χ1) is 13.7. The van der Waals surface area contributed by atoms with Crippen LogP contribution in [0.5, 0.6) is 0 Å². The van der Waals surface area contributed by atoms with Gasteiger partial charge in [0.05, 0.1) is 16.3 Å². The van der Waals surface area contributed by atoms with Gasteiger partial charge in [0.1, 0.15) is 0 Å². The van der Waals surface area contributed by atoms with Crippen LogP contribution in [0.25, 0.3) is 5.69 Å². The molecule has 29 heavy (non-hydrogen) atoms. The number of nitrogens with zero attached hydrogens (tertiary/aromatic N) is 2. The van der Waals surface area contributed by atoms with Gasteiger partial charge < -0.3 is 5.32 Å². The van der Waals surface area contributed by atoms with Gasteiger partial charge in [-0.15, -0.1) is 0 Å². The predicted octanol–water partition coefficient (Wildman–Crippen LogP) is 3.14. The number of halogens is 3. The molecule has 0 atom stereocenters. The van der Waals surface area contributed by atoms with Crippen molar-refractivity contribution in [3.05, 3.63) is 78.1 Å². The Morgan fingerprint density at radius 1 is 1.00 bits per heavy atom. The largest absolute Gasteiger partial charge is 0.501 e. The third-order valence-corrected chi connectivity index (χ3v) is 5.57. The Morgan fingerprint density at radius 2 is 1.66 bits per heavy atom. The van der Waals surface area contributed by atoms with E-state index in [0.717, 1.165) is 35.6 Å². The van der Waals surface area contributed by atoms with Crippen molar-refractivity contribution in [3.8, 4) is 5.69 Å². The average Bonchev–Trinajstić information content (AvgIpc) is 3.17. The van der Waals surface area contributed by atoms with E-state index in [1.54, 1.807) is 10.9 Å². The molecule has 0 unspecified atom stereocenters. The highest BCUT2D eigenvalue weighted by molar-refractivity contribution is 7.92. The van der Waals surface area contributed by atoms with Gasteiger partial charge in [0, 0.05) is 24.7 Å². The number of carbonyl (C=O) groups is 1. The number of para-hydroxylation sites is 1. The van der Waals surface area contributed by atoms with Crippen LogP contribution in [0.1, 0.15) is 16.1 Å². The molecule has 1 aromatic heterocycles. The van der Waals surface area contributed by atoms with E-state index in [0.29, 0.717) is 6.42 Å². The van der Waals surface area contributed by atoms with Gasteiger partial charge in [-0.25, -0.2) is 13.1 Å². The molecule has 0 saturated heterocycles. The molecule has 0 aliphatic rings. The second-order valence-corrected chi connectivity index (χ2v) is 8.01. The van der Waals surface area contributed by atoms with Gasteiger partial charge in [-0.3, -0.25) is 4.79 Å². The molecule has 0 aliphatic carbocycles. The number of nitrogens with one attached hydrogen (secondary N) is 1. The summed E-state index contributed by atoms with van der Waals surface area (Å²) in [4.78, 5) is 11.2. The lowest BCUT2D eigenvalue weighted by Crippen LogP contribution is -2.26. The van der Waals surface area contributed by atoms with E-state index in [9.17, 15) is 26.4 Å². The zero-order valence-electron chi connectivity index (χ0n) is 14.9. The number of amides is 1. The van der Waals surface area contributed by atoms with E-state index in [2.05, 4.69) is 10.4 Å². The van der Waals surface area contributed by atoms with E-state index in [4.69, 9.17) is 0 Å². The van der Waals surface area contributed by atoms with Crippen LogP contribution >= 0.6 is 0 Å². The average molecular weight is 423 g/mol. The molecule has 3 rings (SSSR count). The second-order valence-electron chi connectivity index (χ2n) is 6.07. The van der Waals surface area contributed by atoms with Crippen molar-refractivity contribution in [2.75, 3.05) is 6.54 Å². The second kappa shape index (κ2) is 8.08. The maximum absolute atomic E-state index is 12.5. The minimum atomic E-state index is -5.43. The molecular weight excluding hydrogens is 407 g/mol. The zero-order chi connectivity index (χ0) is 21.1. The standard InChI is InChI=1S/C19H16F3N3O3S/c20-19(21,22)29(27,28)17-8-6-14(7-9-17)18(26)23-12-10-15-11-13-25(24-15)16-4-2-1-3-5-16/h1-9,11,13H,10,12H2,(H,23,26). The summed E-state index contributed by atoms with van der Waals surface area (Å²) in [5.41, 5.74) is -3.68. The predicted molar refractivity (Wildman–Crippen MR) is 99.3 cm³/mol. The van der Waals surface area contributed by atoms with Crippen LogP contribution in [0.3, 0.4) is 0 Å². The van der Waals surface area contributed by atoms with Crippen LogP contribution in [0.2, 0.25) is 0 Å². The number of sulfone groups is 1. The van der Waals surface area contributed by atoms with Crippen LogP contribution in [0, 0.1) is 0 Å². The van der Waals surface area contributed by atoms with Crippen molar-refractivity contribution < 1.29 is 26.4 Å². The SMILES string of the molecule is O=C(NCCc1ccn(-c2ccccc2)n1)c1ccc(S(=O)(=O)C(F)(F)F)cc1. The Morgan fingerprint density at radius 3 is 2.28 bits per heavy atom. The smallest absolute Gasteiger partial charge is 0.352 e. The van der Waals surface area contributed by atoms with E-state index in [1.165, 1.54) is 0 Å². The van der Waals surface area contributed by atoms with E-state index in [-0.39, 0.29) is 12.1 Å². The van der Waals surface area contributed by atoms with Crippen molar-refractivity contribution in [3.63, 3.8) is 0 Å². The van der Waals surface area contributed by atoms with Gasteiger partial charge in [0.15, 0.2) is 0 Å². The van der Waals surface area contributed by atoms with Crippen molar-refractivity contribution >= 4 is 15.7 Å². The quantitative estimate of drug-likeness (QED) is 0.661. The number of hydrogen-bond acceptors (Lipinski definition) is 4.